The summed E-state index contributed by atoms with van der Waals surface area (Å²) in [5.74, 6) is 0.827. The van der Waals surface area contributed by atoms with Crippen LogP contribution < -0.4 is 10.9 Å². The lowest BCUT2D eigenvalue weighted by molar-refractivity contribution is -0.0196. The van der Waals surface area contributed by atoms with Crippen LogP contribution in [0.5, 0.6) is 0 Å². The number of pyridine rings is 1. The second kappa shape index (κ2) is 8.08. The molecular weight excluding hydrogens is 442 g/mol. The summed E-state index contributed by atoms with van der Waals surface area (Å²) in [6.45, 7) is 6.39. The summed E-state index contributed by atoms with van der Waals surface area (Å²) in [6.07, 6.45) is 7.43. The van der Waals surface area contributed by atoms with E-state index in [1.54, 1.807) is 10.7 Å². The van der Waals surface area contributed by atoms with E-state index in [-0.39, 0.29) is 22.9 Å². The number of amides is 1. The van der Waals surface area contributed by atoms with Gasteiger partial charge in [0.15, 0.2) is 0 Å². The predicted molar refractivity (Wildman–Crippen MR) is 133 cm³/mol. The van der Waals surface area contributed by atoms with Crippen molar-refractivity contribution in [3.63, 3.8) is 0 Å². The van der Waals surface area contributed by atoms with Crippen molar-refractivity contribution >= 4 is 28.0 Å². The lowest BCUT2D eigenvalue weighted by Crippen LogP contribution is -2.55. The number of nitrogens with zero attached hydrogens (tertiary/aromatic N) is 3. The molecule has 0 atom stereocenters. The maximum Gasteiger partial charge on any atom is 0.272 e. The van der Waals surface area contributed by atoms with Crippen LogP contribution in [0.3, 0.4) is 0 Å². The van der Waals surface area contributed by atoms with Crippen LogP contribution in [0.1, 0.15) is 60.1 Å². The predicted octanol–water partition coefficient (Wildman–Crippen LogP) is 4.03. The molecule has 2 saturated carbocycles. The minimum Gasteiger partial charge on any atom is -0.494 e. The minimum absolute atomic E-state index is 0.0968. The topological polar surface area (TPSA) is 101 Å². The number of hydrogen-bond acceptors (Lipinski definition) is 5. The Balaban J connectivity index is 1.09. The quantitative estimate of drug-likeness (QED) is 0.415. The number of aromatic nitrogens is 4. The lowest BCUT2D eigenvalue weighted by Gasteiger charge is -2.57. The fourth-order valence-corrected chi connectivity index (χ4v) is 5.89. The Bertz CT molecular complexity index is 1520. The molecule has 2 fully saturated rings. The third-order valence-electron chi connectivity index (χ3n) is 7.57. The average molecular weight is 470 g/mol. The van der Waals surface area contributed by atoms with Crippen molar-refractivity contribution < 1.29 is 9.53 Å². The van der Waals surface area contributed by atoms with Gasteiger partial charge >= 0.3 is 0 Å². The highest BCUT2D eigenvalue weighted by atomic mass is 16.5. The van der Waals surface area contributed by atoms with E-state index in [0.29, 0.717) is 29.2 Å². The molecule has 0 saturated heterocycles. The first-order chi connectivity index (χ1) is 17.0. The monoisotopic (exact) mass is 469 g/mol. The number of benzene rings is 1. The molecule has 178 valence electrons. The standard InChI is InChI=1S/C27H27N5O3/c1-3-35-16(2)17-8-9-23-22(14-28-32(23)15-17)25(33)29-19-12-27(13-19)10-18(11-27)24-20-6-4-5-7-21(20)26(34)31-30-24/h4-9,14-15,18-19H,2-3,10-13H2,1H3,(H,29,33)(H,31,34)/t18-,19-,27?. The smallest absolute Gasteiger partial charge is 0.272 e. The molecule has 1 spiro atoms. The van der Waals surface area contributed by atoms with Crippen molar-refractivity contribution in [2.45, 2.75) is 44.6 Å². The molecule has 0 unspecified atom stereocenters. The van der Waals surface area contributed by atoms with Crippen LogP contribution in [0.25, 0.3) is 22.0 Å². The zero-order valence-corrected chi connectivity index (χ0v) is 19.6. The number of hydrogen-bond donors (Lipinski definition) is 2. The average Bonchev–Trinajstić information content (AvgIpc) is 3.24. The molecular formula is C27H27N5O3. The molecule has 6 rings (SSSR count). The number of ether oxygens (including phenoxy) is 1. The van der Waals surface area contributed by atoms with Gasteiger partial charge in [-0.05, 0) is 56.2 Å². The fourth-order valence-electron chi connectivity index (χ4n) is 5.89. The molecule has 8 nitrogen and oxygen atoms in total. The number of nitrogens with one attached hydrogen (secondary N) is 2. The highest BCUT2D eigenvalue weighted by molar-refractivity contribution is 6.00. The molecule has 0 radical (unpaired) electrons. The van der Waals surface area contributed by atoms with Gasteiger partial charge in [0, 0.05) is 29.1 Å². The third kappa shape index (κ3) is 3.60. The number of carbonyl (C=O) groups is 1. The minimum atomic E-state index is -0.145. The lowest BCUT2D eigenvalue weighted by atomic mass is 9.49. The van der Waals surface area contributed by atoms with Crippen LogP contribution >= 0.6 is 0 Å². The highest BCUT2D eigenvalue weighted by Crippen LogP contribution is 2.62. The van der Waals surface area contributed by atoms with E-state index in [2.05, 4.69) is 27.2 Å². The second-order valence-corrected chi connectivity index (χ2v) is 9.83. The molecule has 35 heavy (non-hydrogen) atoms. The van der Waals surface area contributed by atoms with Gasteiger partial charge in [0.25, 0.3) is 11.5 Å². The van der Waals surface area contributed by atoms with Gasteiger partial charge in [0.2, 0.25) is 0 Å². The van der Waals surface area contributed by atoms with Crippen molar-refractivity contribution in [2.75, 3.05) is 6.61 Å². The molecule has 0 aliphatic heterocycles. The molecule has 4 aromatic rings. The Kier molecular flexibility index (Phi) is 4.98. The van der Waals surface area contributed by atoms with E-state index >= 15 is 0 Å². The normalized spacial score (nSPS) is 23.1. The van der Waals surface area contributed by atoms with Gasteiger partial charge in [-0.15, -0.1) is 0 Å². The summed E-state index contributed by atoms with van der Waals surface area (Å²) in [6, 6.07) is 11.6. The van der Waals surface area contributed by atoms with Crippen molar-refractivity contribution in [1.29, 1.82) is 0 Å². The van der Waals surface area contributed by atoms with E-state index in [9.17, 15) is 9.59 Å². The Hall–Kier alpha value is -3.94. The van der Waals surface area contributed by atoms with Crippen LogP contribution in [0.15, 0.2) is 60.2 Å². The number of H-pyrrole nitrogens is 1. The van der Waals surface area contributed by atoms with Gasteiger partial charge in [-0.1, -0.05) is 24.8 Å². The van der Waals surface area contributed by atoms with Crippen LogP contribution in [0.4, 0.5) is 0 Å². The zero-order chi connectivity index (χ0) is 24.2. The van der Waals surface area contributed by atoms with Crippen molar-refractivity contribution in [3.8, 4) is 0 Å². The summed E-state index contributed by atoms with van der Waals surface area (Å²) in [5.41, 5.74) is 3.25. The van der Waals surface area contributed by atoms with E-state index in [4.69, 9.17) is 4.74 Å². The van der Waals surface area contributed by atoms with E-state index in [1.807, 2.05) is 49.5 Å². The highest BCUT2D eigenvalue weighted by Gasteiger charge is 2.54. The molecule has 3 aromatic heterocycles. The van der Waals surface area contributed by atoms with E-state index in [0.717, 1.165) is 47.8 Å². The molecule has 1 aromatic carbocycles. The van der Waals surface area contributed by atoms with Crippen molar-refractivity contribution in [2.24, 2.45) is 5.41 Å². The summed E-state index contributed by atoms with van der Waals surface area (Å²) < 4.78 is 7.16. The molecule has 2 N–H and O–H groups in total. The maximum absolute atomic E-state index is 13.0. The summed E-state index contributed by atoms with van der Waals surface area (Å²) in [4.78, 5) is 25.1. The number of fused-ring (bicyclic) bond motifs is 2. The number of carbonyl (C=O) groups excluding carboxylic acids is 1. The Labute approximate surface area is 202 Å². The molecule has 1 amide bonds. The summed E-state index contributed by atoms with van der Waals surface area (Å²) in [5, 5.41) is 16.2. The number of rotatable bonds is 6. The SMILES string of the molecule is C=C(OCC)c1ccc2c(C(=O)N[C@H]3CC4(C3)C[C@H](c3n[nH]c(=O)c5ccccc53)C4)cnn2c1. The maximum atomic E-state index is 13.0. The number of aromatic amines is 1. The Morgan fingerprint density at radius 3 is 2.74 bits per heavy atom. The van der Waals surface area contributed by atoms with Crippen molar-refractivity contribution in [1.82, 2.24) is 25.1 Å². The van der Waals surface area contributed by atoms with Gasteiger partial charge in [-0.2, -0.15) is 10.2 Å². The first kappa shape index (κ1) is 21.6. The molecule has 2 aliphatic rings. The van der Waals surface area contributed by atoms with Crippen molar-refractivity contribution in [3.05, 3.63) is 82.5 Å². The van der Waals surface area contributed by atoms with Crippen LogP contribution in [-0.4, -0.2) is 38.4 Å². The molecule has 2 aliphatic carbocycles. The second-order valence-electron chi connectivity index (χ2n) is 9.83. The molecule has 0 bridgehead atoms. The van der Waals surface area contributed by atoms with Gasteiger partial charge < -0.3 is 10.1 Å². The third-order valence-corrected chi connectivity index (χ3v) is 7.57. The van der Waals surface area contributed by atoms with Gasteiger partial charge in [-0.25, -0.2) is 9.61 Å². The first-order valence-electron chi connectivity index (χ1n) is 12.0. The van der Waals surface area contributed by atoms with Gasteiger partial charge in [-0.3, -0.25) is 9.59 Å². The van der Waals surface area contributed by atoms with Gasteiger partial charge in [0.05, 0.1) is 35.0 Å². The summed E-state index contributed by atoms with van der Waals surface area (Å²) in [7, 11) is 0. The van der Waals surface area contributed by atoms with E-state index in [1.165, 1.54) is 0 Å². The van der Waals surface area contributed by atoms with Crippen LogP contribution in [-0.2, 0) is 4.74 Å². The van der Waals surface area contributed by atoms with E-state index < -0.39 is 0 Å². The van der Waals surface area contributed by atoms with Crippen LogP contribution in [0, 0.1) is 5.41 Å². The largest absolute Gasteiger partial charge is 0.494 e. The molecule has 3 heterocycles. The molecule has 8 heteroatoms. The van der Waals surface area contributed by atoms with Gasteiger partial charge in [0.1, 0.15) is 5.76 Å². The van der Waals surface area contributed by atoms with Crippen LogP contribution in [0.2, 0.25) is 0 Å². The summed E-state index contributed by atoms with van der Waals surface area (Å²) >= 11 is 0. The Morgan fingerprint density at radius 1 is 1.20 bits per heavy atom. The zero-order valence-electron chi connectivity index (χ0n) is 19.6. The Morgan fingerprint density at radius 2 is 1.97 bits per heavy atom. The first-order valence-corrected chi connectivity index (χ1v) is 12.0. The fraction of sp³-hybridized carbons (Fsp3) is 0.333.